The Morgan fingerprint density at radius 2 is 1.90 bits per heavy atom. The molecule has 0 unspecified atom stereocenters. The predicted molar refractivity (Wildman–Crippen MR) is 93.6 cm³/mol. The monoisotopic (exact) mass is 304 g/mol. The van der Waals surface area contributed by atoms with Gasteiger partial charge >= 0.3 is 0 Å². The van der Waals surface area contributed by atoms with E-state index < -0.39 is 0 Å². The van der Waals surface area contributed by atoms with E-state index in [-0.39, 0.29) is 0 Å². The fraction of sp³-hybridized carbons (Fsp3) is 0.611. The van der Waals surface area contributed by atoms with Crippen LogP contribution in [0.3, 0.4) is 0 Å². The van der Waals surface area contributed by atoms with E-state index in [9.17, 15) is 0 Å². The Balaban J connectivity index is 2.72. The molecule has 0 fully saturated rings. The third kappa shape index (κ3) is 5.73. The lowest BCUT2D eigenvalue weighted by Crippen LogP contribution is -2.37. The first kappa shape index (κ1) is 18.1. The summed E-state index contributed by atoms with van der Waals surface area (Å²) in [6.07, 6.45) is 4.87. The van der Waals surface area contributed by atoms with Crippen LogP contribution in [-0.2, 0) is 6.54 Å². The van der Waals surface area contributed by atoms with Crippen molar-refractivity contribution in [2.75, 3.05) is 19.3 Å². The standard InChI is InChI=1S/C18H28N2S/c1-4-9-18(15-21,10-5-2)14-20(3)13-17-8-6-7-16(11-17)12-19/h6-8,11,21H,4-5,9-10,13-15H2,1-3H3. The number of thiol groups is 1. The molecule has 0 amide bonds. The molecule has 3 heteroatoms. The number of nitrogens with zero attached hydrogens (tertiary/aromatic N) is 2. The summed E-state index contributed by atoms with van der Waals surface area (Å²) in [5.41, 5.74) is 2.26. The Kier molecular flexibility index (Phi) is 7.85. The van der Waals surface area contributed by atoms with Crippen LogP contribution in [0.5, 0.6) is 0 Å². The van der Waals surface area contributed by atoms with Crippen molar-refractivity contribution in [2.45, 2.75) is 46.1 Å². The maximum absolute atomic E-state index is 8.99. The van der Waals surface area contributed by atoms with Crippen molar-refractivity contribution in [1.82, 2.24) is 4.90 Å². The van der Waals surface area contributed by atoms with E-state index in [0.717, 1.165) is 24.4 Å². The molecule has 1 aromatic carbocycles. The highest BCUT2D eigenvalue weighted by atomic mass is 32.1. The number of nitriles is 1. The highest BCUT2D eigenvalue weighted by Gasteiger charge is 2.28. The highest BCUT2D eigenvalue weighted by molar-refractivity contribution is 7.80. The molecule has 0 radical (unpaired) electrons. The van der Waals surface area contributed by atoms with Crippen molar-refractivity contribution in [3.63, 3.8) is 0 Å². The molecular weight excluding hydrogens is 276 g/mol. The Hall–Kier alpha value is -0.980. The second-order valence-electron chi connectivity index (χ2n) is 6.14. The van der Waals surface area contributed by atoms with Gasteiger partial charge in [0.05, 0.1) is 11.6 Å². The average molecular weight is 305 g/mol. The summed E-state index contributed by atoms with van der Waals surface area (Å²) in [7, 11) is 2.17. The Morgan fingerprint density at radius 3 is 2.43 bits per heavy atom. The van der Waals surface area contributed by atoms with Crippen molar-refractivity contribution >= 4 is 12.6 Å². The van der Waals surface area contributed by atoms with Crippen molar-refractivity contribution in [3.05, 3.63) is 35.4 Å². The van der Waals surface area contributed by atoms with Gasteiger partial charge in [0.2, 0.25) is 0 Å². The van der Waals surface area contributed by atoms with Crippen LogP contribution in [-0.4, -0.2) is 24.2 Å². The van der Waals surface area contributed by atoms with E-state index >= 15 is 0 Å². The summed E-state index contributed by atoms with van der Waals surface area (Å²) >= 11 is 4.63. The number of benzene rings is 1. The van der Waals surface area contributed by atoms with E-state index in [1.54, 1.807) is 0 Å². The van der Waals surface area contributed by atoms with E-state index in [4.69, 9.17) is 5.26 Å². The maximum atomic E-state index is 8.99. The largest absolute Gasteiger partial charge is 0.302 e. The second-order valence-corrected chi connectivity index (χ2v) is 6.46. The fourth-order valence-corrected chi connectivity index (χ4v) is 3.65. The van der Waals surface area contributed by atoms with Crippen LogP contribution in [0.15, 0.2) is 24.3 Å². The second kappa shape index (κ2) is 9.12. The van der Waals surface area contributed by atoms with Crippen LogP contribution in [0.4, 0.5) is 0 Å². The summed E-state index contributed by atoms with van der Waals surface area (Å²) in [4.78, 5) is 2.37. The summed E-state index contributed by atoms with van der Waals surface area (Å²) in [6.45, 7) is 6.46. The van der Waals surface area contributed by atoms with Gasteiger partial charge in [0.15, 0.2) is 0 Å². The zero-order chi connectivity index (χ0) is 15.7. The van der Waals surface area contributed by atoms with Crippen LogP contribution in [0, 0.1) is 16.7 Å². The first-order valence-electron chi connectivity index (χ1n) is 7.87. The summed E-state index contributed by atoms with van der Waals surface area (Å²) < 4.78 is 0. The molecular formula is C18H28N2S. The molecule has 2 nitrogen and oxygen atoms in total. The van der Waals surface area contributed by atoms with Crippen molar-refractivity contribution < 1.29 is 0 Å². The Bertz CT molecular complexity index is 459. The molecule has 0 heterocycles. The Labute approximate surface area is 135 Å². The molecule has 116 valence electrons. The molecule has 0 bridgehead atoms. The molecule has 0 aromatic heterocycles. The zero-order valence-electron chi connectivity index (χ0n) is 13.6. The molecule has 0 saturated heterocycles. The van der Waals surface area contributed by atoms with Crippen molar-refractivity contribution in [2.24, 2.45) is 5.41 Å². The van der Waals surface area contributed by atoms with Gasteiger partial charge in [0, 0.05) is 13.1 Å². The number of hydrogen-bond donors (Lipinski definition) is 1. The van der Waals surface area contributed by atoms with Crippen molar-refractivity contribution in [3.8, 4) is 6.07 Å². The van der Waals surface area contributed by atoms with Gasteiger partial charge in [-0.1, -0.05) is 38.8 Å². The van der Waals surface area contributed by atoms with Gasteiger partial charge < -0.3 is 4.90 Å². The highest BCUT2D eigenvalue weighted by Crippen LogP contribution is 2.32. The first-order chi connectivity index (χ1) is 10.1. The maximum Gasteiger partial charge on any atom is 0.0991 e. The topological polar surface area (TPSA) is 27.0 Å². The van der Waals surface area contributed by atoms with Crippen LogP contribution in [0.1, 0.15) is 50.7 Å². The number of hydrogen-bond acceptors (Lipinski definition) is 3. The third-order valence-electron chi connectivity index (χ3n) is 4.01. The molecule has 0 saturated carbocycles. The van der Waals surface area contributed by atoms with Crippen LogP contribution in [0.25, 0.3) is 0 Å². The fourth-order valence-electron chi connectivity index (χ4n) is 3.23. The van der Waals surface area contributed by atoms with Gasteiger partial charge in [-0.05, 0) is 48.8 Å². The minimum Gasteiger partial charge on any atom is -0.302 e. The molecule has 1 rings (SSSR count). The lowest BCUT2D eigenvalue weighted by atomic mass is 9.80. The normalized spacial score (nSPS) is 11.6. The van der Waals surface area contributed by atoms with E-state index in [2.05, 4.69) is 50.6 Å². The lowest BCUT2D eigenvalue weighted by molar-refractivity contribution is 0.165. The van der Waals surface area contributed by atoms with Crippen LogP contribution >= 0.6 is 12.6 Å². The molecule has 0 spiro atoms. The molecule has 0 aliphatic heterocycles. The van der Waals surface area contributed by atoms with Gasteiger partial charge in [-0.25, -0.2) is 0 Å². The van der Waals surface area contributed by atoms with Crippen molar-refractivity contribution in [1.29, 1.82) is 5.26 Å². The lowest BCUT2D eigenvalue weighted by Gasteiger charge is -2.36. The zero-order valence-corrected chi connectivity index (χ0v) is 14.5. The van der Waals surface area contributed by atoms with E-state index in [1.807, 2.05) is 18.2 Å². The molecule has 0 atom stereocenters. The molecule has 0 aliphatic carbocycles. The quantitative estimate of drug-likeness (QED) is 0.680. The van der Waals surface area contributed by atoms with Gasteiger partial charge in [-0.2, -0.15) is 17.9 Å². The summed E-state index contributed by atoms with van der Waals surface area (Å²) in [5.74, 6) is 0.942. The van der Waals surface area contributed by atoms with Crippen LogP contribution < -0.4 is 0 Å². The van der Waals surface area contributed by atoms with Gasteiger partial charge in [-0.3, -0.25) is 0 Å². The first-order valence-corrected chi connectivity index (χ1v) is 8.51. The van der Waals surface area contributed by atoms with E-state index in [0.29, 0.717) is 5.41 Å². The Morgan fingerprint density at radius 1 is 1.24 bits per heavy atom. The SMILES string of the molecule is CCCC(CS)(CCC)CN(C)Cc1cccc(C#N)c1. The molecule has 0 N–H and O–H groups in total. The van der Waals surface area contributed by atoms with Gasteiger partial charge in [0.1, 0.15) is 0 Å². The minimum absolute atomic E-state index is 0.314. The molecule has 21 heavy (non-hydrogen) atoms. The smallest absolute Gasteiger partial charge is 0.0991 e. The molecule has 0 aliphatic rings. The molecule has 1 aromatic rings. The summed E-state index contributed by atoms with van der Waals surface area (Å²) in [5, 5.41) is 8.99. The average Bonchev–Trinajstić information content (AvgIpc) is 2.47. The number of rotatable bonds is 9. The minimum atomic E-state index is 0.314. The predicted octanol–water partition coefficient (Wildman–Crippen LogP) is 4.51. The van der Waals surface area contributed by atoms with Crippen LogP contribution in [0.2, 0.25) is 0 Å². The third-order valence-corrected chi connectivity index (χ3v) is 4.68. The van der Waals surface area contributed by atoms with Gasteiger partial charge in [0.25, 0.3) is 0 Å². The van der Waals surface area contributed by atoms with E-state index in [1.165, 1.54) is 31.2 Å². The summed E-state index contributed by atoms with van der Waals surface area (Å²) in [6, 6.07) is 10.1. The van der Waals surface area contributed by atoms with Gasteiger partial charge in [-0.15, -0.1) is 0 Å².